The van der Waals surface area contributed by atoms with Crippen molar-refractivity contribution in [1.82, 2.24) is 0 Å². The maximum atomic E-state index is 13.3. The molecular formula is C22H20Cl2N2O4S. The van der Waals surface area contributed by atoms with Gasteiger partial charge in [-0.1, -0.05) is 66.5 Å². The summed E-state index contributed by atoms with van der Waals surface area (Å²) in [7, 11) is -2.75. The van der Waals surface area contributed by atoms with Crippen LogP contribution >= 0.6 is 23.2 Å². The Kier molecular flexibility index (Phi) is 7.10. The highest BCUT2D eigenvalue weighted by Crippen LogP contribution is 2.37. The van der Waals surface area contributed by atoms with Crippen LogP contribution in [0.15, 0.2) is 65.6 Å². The summed E-state index contributed by atoms with van der Waals surface area (Å²) in [5.74, 6) is -0.0557. The SMILES string of the molecule is CCC(=O)Nc1c(Cl)cc(Cl)cc1S(=O)(=O)Nc1cc(-c2ccccc2)ccc1OC. The van der Waals surface area contributed by atoms with Crippen molar-refractivity contribution < 1.29 is 17.9 Å². The molecule has 162 valence electrons. The quantitative estimate of drug-likeness (QED) is 0.448. The van der Waals surface area contributed by atoms with Gasteiger partial charge in [-0.25, -0.2) is 8.42 Å². The molecule has 3 aromatic rings. The molecule has 0 heterocycles. The zero-order valence-corrected chi connectivity index (χ0v) is 19.1. The highest BCUT2D eigenvalue weighted by atomic mass is 35.5. The van der Waals surface area contributed by atoms with Crippen molar-refractivity contribution in [2.24, 2.45) is 0 Å². The van der Waals surface area contributed by atoms with Gasteiger partial charge in [-0.15, -0.1) is 0 Å². The third kappa shape index (κ3) is 5.31. The zero-order chi connectivity index (χ0) is 22.6. The summed E-state index contributed by atoms with van der Waals surface area (Å²) in [6, 6.07) is 17.3. The van der Waals surface area contributed by atoms with Crippen molar-refractivity contribution in [2.45, 2.75) is 18.2 Å². The number of ether oxygens (including phenoxy) is 1. The standard InChI is InChI=1S/C22H20Cl2N2O4S/c1-3-21(27)25-22-17(24)12-16(23)13-20(22)31(28,29)26-18-11-15(9-10-19(18)30-2)14-7-5-4-6-8-14/h4-13,26H,3H2,1-2H3,(H,25,27). The number of anilines is 2. The van der Waals surface area contributed by atoms with Crippen LogP contribution in [0.1, 0.15) is 13.3 Å². The van der Waals surface area contributed by atoms with Gasteiger partial charge in [0.15, 0.2) is 0 Å². The van der Waals surface area contributed by atoms with Crippen LogP contribution in [0.5, 0.6) is 5.75 Å². The first-order chi connectivity index (χ1) is 14.7. The Bertz CT molecular complexity index is 1220. The summed E-state index contributed by atoms with van der Waals surface area (Å²) < 4.78 is 34.4. The molecule has 31 heavy (non-hydrogen) atoms. The number of carbonyl (C=O) groups is 1. The third-order valence-electron chi connectivity index (χ3n) is 4.44. The van der Waals surface area contributed by atoms with Crippen LogP contribution in [0.25, 0.3) is 11.1 Å². The molecule has 3 aromatic carbocycles. The zero-order valence-electron chi connectivity index (χ0n) is 16.8. The van der Waals surface area contributed by atoms with Gasteiger partial charge in [0, 0.05) is 11.4 Å². The van der Waals surface area contributed by atoms with Crippen molar-refractivity contribution in [2.75, 3.05) is 17.1 Å². The first kappa shape index (κ1) is 22.9. The molecular weight excluding hydrogens is 459 g/mol. The van der Waals surface area contributed by atoms with E-state index in [1.165, 1.54) is 19.2 Å². The number of amides is 1. The molecule has 9 heteroatoms. The van der Waals surface area contributed by atoms with Crippen LogP contribution < -0.4 is 14.8 Å². The molecule has 0 saturated carbocycles. The number of methoxy groups -OCH3 is 1. The fourth-order valence-corrected chi connectivity index (χ4v) is 4.84. The van der Waals surface area contributed by atoms with E-state index in [2.05, 4.69) is 10.0 Å². The van der Waals surface area contributed by atoms with Crippen molar-refractivity contribution in [1.29, 1.82) is 0 Å². The van der Waals surface area contributed by atoms with E-state index in [9.17, 15) is 13.2 Å². The lowest BCUT2D eigenvalue weighted by Crippen LogP contribution is -2.18. The molecule has 0 aliphatic heterocycles. The van der Waals surface area contributed by atoms with Crippen LogP contribution in [0.4, 0.5) is 11.4 Å². The summed E-state index contributed by atoms with van der Waals surface area (Å²) >= 11 is 12.2. The molecule has 0 spiro atoms. The number of hydrogen-bond acceptors (Lipinski definition) is 4. The fraction of sp³-hybridized carbons (Fsp3) is 0.136. The molecule has 0 aliphatic rings. The molecule has 0 aromatic heterocycles. The van der Waals surface area contributed by atoms with Gasteiger partial charge in [-0.2, -0.15) is 0 Å². The third-order valence-corrected chi connectivity index (χ3v) is 6.35. The predicted molar refractivity (Wildman–Crippen MR) is 125 cm³/mol. The monoisotopic (exact) mass is 478 g/mol. The van der Waals surface area contributed by atoms with Gasteiger partial charge in [0.05, 0.1) is 23.5 Å². The van der Waals surface area contributed by atoms with E-state index in [0.717, 1.165) is 11.1 Å². The summed E-state index contributed by atoms with van der Waals surface area (Å²) in [6.45, 7) is 1.64. The van der Waals surface area contributed by atoms with Crippen LogP contribution in [0, 0.1) is 0 Å². The van der Waals surface area contributed by atoms with Crippen molar-refractivity contribution in [3.8, 4) is 16.9 Å². The van der Waals surface area contributed by atoms with Gasteiger partial charge in [0.1, 0.15) is 10.6 Å². The Morgan fingerprint density at radius 3 is 2.35 bits per heavy atom. The van der Waals surface area contributed by atoms with Gasteiger partial charge < -0.3 is 10.1 Å². The van der Waals surface area contributed by atoms with E-state index in [0.29, 0.717) is 5.75 Å². The molecule has 0 bridgehead atoms. The van der Waals surface area contributed by atoms with Gasteiger partial charge in [0.2, 0.25) is 5.91 Å². The number of halogens is 2. The minimum atomic E-state index is -4.19. The molecule has 0 radical (unpaired) electrons. The van der Waals surface area contributed by atoms with Crippen molar-refractivity contribution in [3.63, 3.8) is 0 Å². The first-order valence-corrected chi connectivity index (χ1v) is 11.5. The Labute approximate surface area is 191 Å². The van der Waals surface area contributed by atoms with Crippen LogP contribution in [0.3, 0.4) is 0 Å². The Hall–Kier alpha value is -2.74. The maximum Gasteiger partial charge on any atom is 0.264 e. The lowest BCUT2D eigenvalue weighted by Gasteiger charge is -2.17. The minimum absolute atomic E-state index is 0.0136. The van der Waals surface area contributed by atoms with Crippen LogP contribution in [-0.4, -0.2) is 21.4 Å². The summed E-state index contributed by atoms with van der Waals surface area (Å²) in [6.07, 6.45) is 0.152. The summed E-state index contributed by atoms with van der Waals surface area (Å²) in [5.41, 5.74) is 1.89. The molecule has 1 amide bonds. The lowest BCUT2D eigenvalue weighted by atomic mass is 10.1. The van der Waals surface area contributed by atoms with Crippen LogP contribution in [0.2, 0.25) is 10.0 Å². The number of hydrogen-bond donors (Lipinski definition) is 2. The highest BCUT2D eigenvalue weighted by molar-refractivity contribution is 7.93. The van der Waals surface area contributed by atoms with E-state index >= 15 is 0 Å². The molecule has 0 fully saturated rings. The summed E-state index contributed by atoms with van der Waals surface area (Å²) in [4.78, 5) is 11.7. The van der Waals surface area contributed by atoms with E-state index in [1.807, 2.05) is 36.4 Å². The number of sulfonamides is 1. The molecule has 0 aliphatic carbocycles. The Morgan fingerprint density at radius 1 is 1.00 bits per heavy atom. The molecule has 0 saturated heterocycles. The Morgan fingerprint density at radius 2 is 1.71 bits per heavy atom. The molecule has 0 atom stereocenters. The second-order valence-electron chi connectivity index (χ2n) is 6.55. The molecule has 6 nitrogen and oxygen atoms in total. The average Bonchev–Trinajstić information content (AvgIpc) is 2.75. The number of benzene rings is 3. The largest absolute Gasteiger partial charge is 0.495 e. The Balaban J connectivity index is 2.08. The van der Waals surface area contributed by atoms with E-state index < -0.39 is 10.0 Å². The van der Waals surface area contributed by atoms with Gasteiger partial charge >= 0.3 is 0 Å². The van der Waals surface area contributed by atoms with E-state index in [4.69, 9.17) is 27.9 Å². The first-order valence-electron chi connectivity index (χ1n) is 9.30. The number of nitrogens with one attached hydrogen (secondary N) is 2. The molecule has 2 N–H and O–H groups in total. The highest BCUT2D eigenvalue weighted by Gasteiger charge is 2.24. The van der Waals surface area contributed by atoms with Gasteiger partial charge in [0.25, 0.3) is 10.0 Å². The van der Waals surface area contributed by atoms with Crippen LogP contribution in [-0.2, 0) is 14.8 Å². The van der Waals surface area contributed by atoms with Gasteiger partial charge in [-0.05, 0) is 35.4 Å². The smallest absolute Gasteiger partial charge is 0.264 e. The average molecular weight is 479 g/mol. The predicted octanol–water partition coefficient (Wildman–Crippen LogP) is 5.82. The summed E-state index contributed by atoms with van der Waals surface area (Å²) in [5, 5.41) is 2.66. The number of rotatable bonds is 7. The van der Waals surface area contributed by atoms with Gasteiger partial charge in [-0.3, -0.25) is 9.52 Å². The molecule has 3 rings (SSSR count). The van der Waals surface area contributed by atoms with Crippen molar-refractivity contribution in [3.05, 3.63) is 70.7 Å². The second-order valence-corrected chi connectivity index (χ2v) is 9.04. The minimum Gasteiger partial charge on any atom is -0.495 e. The molecule has 0 unspecified atom stereocenters. The lowest BCUT2D eigenvalue weighted by molar-refractivity contribution is -0.115. The van der Waals surface area contributed by atoms with Crippen molar-refractivity contribution >= 4 is 50.5 Å². The maximum absolute atomic E-state index is 13.3. The fourth-order valence-electron chi connectivity index (χ4n) is 2.91. The number of carbonyl (C=O) groups excluding carboxylic acids is 1. The van der Waals surface area contributed by atoms with E-state index in [-0.39, 0.29) is 38.6 Å². The topological polar surface area (TPSA) is 84.5 Å². The normalized spacial score (nSPS) is 11.1. The van der Waals surface area contributed by atoms with E-state index in [1.54, 1.807) is 19.1 Å². The second kappa shape index (κ2) is 9.60.